The highest BCUT2D eigenvalue weighted by Gasteiger charge is 1.89. The molecule has 0 fully saturated rings. The maximum Gasteiger partial charge on any atom is 0.0283 e. The van der Waals surface area contributed by atoms with Gasteiger partial charge in [-0.1, -0.05) is 19.8 Å². The highest BCUT2D eigenvalue weighted by atomic mass is 13.9. The van der Waals surface area contributed by atoms with E-state index in [0.717, 1.165) is 19.3 Å². The van der Waals surface area contributed by atoms with Crippen molar-refractivity contribution in [1.82, 2.24) is 0 Å². The van der Waals surface area contributed by atoms with Gasteiger partial charge in [0, 0.05) is 18.8 Å². The van der Waals surface area contributed by atoms with E-state index in [0.29, 0.717) is 5.92 Å². The molecule has 10 heavy (non-hydrogen) atoms. The van der Waals surface area contributed by atoms with E-state index in [9.17, 15) is 0 Å². The zero-order chi connectivity index (χ0) is 7.82. The second-order valence-electron chi connectivity index (χ2n) is 2.38. The van der Waals surface area contributed by atoms with Gasteiger partial charge in [0.25, 0.3) is 0 Å². The number of hydrogen-bond acceptors (Lipinski definition) is 0. The first-order valence-electron chi connectivity index (χ1n) is 3.73. The monoisotopic (exact) mass is 134 g/mol. The Balaban J connectivity index is 3.49. The summed E-state index contributed by atoms with van der Waals surface area (Å²) in [5.41, 5.74) is 0. The van der Waals surface area contributed by atoms with Gasteiger partial charge < -0.3 is 0 Å². The number of rotatable bonds is 2. The first-order chi connectivity index (χ1) is 4.81. The van der Waals surface area contributed by atoms with Crippen molar-refractivity contribution in [1.29, 1.82) is 0 Å². The van der Waals surface area contributed by atoms with Crippen LogP contribution in [0, 0.1) is 30.1 Å². The zero-order valence-corrected chi connectivity index (χ0v) is 6.78. The number of terminal acetylenes is 1. The number of unbranched alkanes of at least 4 members (excludes halogenated alkanes) is 1. The molecule has 0 aliphatic heterocycles. The maximum atomic E-state index is 5.12. The molecule has 0 heterocycles. The van der Waals surface area contributed by atoms with Crippen LogP contribution in [0.25, 0.3) is 0 Å². The SMILES string of the molecule is C#CCC(C)C#CCCC. The molecule has 0 radical (unpaired) electrons. The molecule has 0 nitrogen and oxygen atoms in total. The standard InChI is InChI=1S/C10H14/c1-4-6-7-9-10(3)8-5-2/h2,10H,4,6,8H2,1,3H3. The Kier molecular flexibility index (Phi) is 5.69. The van der Waals surface area contributed by atoms with Gasteiger partial charge >= 0.3 is 0 Å². The molecule has 0 saturated carbocycles. The molecule has 0 aromatic carbocycles. The Labute approximate surface area is 64.0 Å². The lowest BCUT2D eigenvalue weighted by atomic mass is 10.1. The van der Waals surface area contributed by atoms with Gasteiger partial charge in [0.1, 0.15) is 0 Å². The van der Waals surface area contributed by atoms with Gasteiger partial charge in [-0.05, 0) is 6.42 Å². The lowest BCUT2D eigenvalue weighted by Gasteiger charge is -1.92. The lowest BCUT2D eigenvalue weighted by molar-refractivity contribution is 0.787. The smallest absolute Gasteiger partial charge is 0.0283 e. The van der Waals surface area contributed by atoms with Crippen molar-refractivity contribution in [3.63, 3.8) is 0 Å². The van der Waals surface area contributed by atoms with Crippen molar-refractivity contribution in [2.24, 2.45) is 5.92 Å². The molecule has 0 bridgehead atoms. The van der Waals surface area contributed by atoms with E-state index in [1.165, 1.54) is 0 Å². The molecule has 0 heteroatoms. The molecule has 0 aliphatic rings. The summed E-state index contributed by atoms with van der Waals surface area (Å²) in [7, 11) is 0. The lowest BCUT2D eigenvalue weighted by Crippen LogP contribution is -1.85. The molecule has 0 amide bonds. The molecule has 0 aliphatic carbocycles. The molecular formula is C10H14. The van der Waals surface area contributed by atoms with Gasteiger partial charge in [-0.25, -0.2) is 0 Å². The van der Waals surface area contributed by atoms with Gasteiger partial charge in [0.15, 0.2) is 0 Å². The van der Waals surface area contributed by atoms with E-state index in [1.807, 2.05) is 0 Å². The fourth-order valence-corrected chi connectivity index (χ4v) is 0.599. The molecule has 0 saturated heterocycles. The minimum atomic E-state index is 0.372. The number of hydrogen-bond donors (Lipinski definition) is 0. The maximum absolute atomic E-state index is 5.12. The molecule has 1 unspecified atom stereocenters. The van der Waals surface area contributed by atoms with Crippen LogP contribution >= 0.6 is 0 Å². The van der Waals surface area contributed by atoms with Crippen LogP contribution in [0.1, 0.15) is 33.1 Å². The highest BCUT2D eigenvalue weighted by molar-refractivity contribution is 5.05. The predicted molar refractivity (Wildman–Crippen MR) is 45.3 cm³/mol. The summed E-state index contributed by atoms with van der Waals surface area (Å²) in [5, 5.41) is 0. The summed E-state index contributed by atoms with van der Waals surface area (Å²) in [6, 6.07) is 0. The Hall–Kier alpha value is -0.880. The molecule has 1 atom stereocenters. The summed E-state index contributed by atoms with van der Waals surface area (Å²) in [6.45, 7) is 4.18. The molecule has 0 aromatic rings. The fourth-order valence-electron chi connectivity index (χ4n) is 0.599. The van der Waals surface area contributed by atoms with Gasteiger partial charge in [-0.3, -0.25) is 0 Å². The largest absolute Gasteiger partial charge is 0.120 e. The topological polar surface area (TPSA) is 0 Å². The van der Waals surface area contributed by atoms with Crippen molar-refractivity contribution in [3.8, 4) is 24.2 Å². The second-order valence-corrected chi connectivity index (χ2v) is 2.38. The van der Waals surface area contributed by atoms with Crippen LogP contribution in [0.3, 0.4) is 0 Å². The molecule has 54 valence electrons. The Morgan fingerprint density at radius 2 is 2.20 bits per heavy atom. The van der Waals surface area contributed by atoms with E-state index in [-0.39, 0.29) is 0 Å². The van der Waals surface area contributed by atoms with Crippen molar-refractivity contribution in [2.45, 2.75) is 33.1 Å². The summed E-state index contributed by atoms with van der Waals surface area (Å²) >= 11 is 0. The molecule has 0 N–H and O–H groups in total. The third-order valence-electron chi connectivity index (χ3n) is 1.15. The molecule has 0 spiro atoms. The molecular weight excluding hydrogens is 120 g/mol. The highest BCUT2D eigenvalue weighted by Crippen LogP contribution is 1.97. The van der Waals surface area contributed by atoms with Crippen LogP contribution in [-0.2, 0) is 0 Å². The average Bonchev–Trinajstić information content (AvgIpc) is 1.89. The summed E-state index contributed by atoms with van der Waals surface area (Å²) in [5.74, 6) is 9.13. The minimum Gasteiger partial charge on any atom is -0.120 e. The van der Waals surface area contributed by atoms with Gasteiger partial charge in [-0.15, -0.1) is 18.3 Å². The van der Waals surface area contributed by atoms with Gasteiger partial charge in [0.2, 0.25) is 0 Å². The van der Waals surface area contributed by atoms with Crippen LogP contribution in [-0.4, -0.2) is 0 Å². The van der Waals surface area contributed by atoms with Crippen molar-refractivity contribution >= 4 is 0 Å². The van der Waals surface area contributed by atoms with E-state index in [4.69, 9.17) is 6.42 Å². The van der Waals surface area contributed by atoms with Crippen LogP contribution in [0.15, 0.2) is 0 Å². The zero-order valence-electron chi connectivity index (χ0n) is 6.78. The Morgan fingerprint density at radius 1 is 1.50 bits per heavy atom. The average molecular weight is 134 g/mol. The second kappa shape index (κ2) is 6.24. The van der Waals surface area contributed by atoms with Gasteiger partial charge in [0.05, 0.1) is 0 Å². The van der Waals surface area contributed by atoms with Crippen LogP contribution in [0.2, 0.25) is 0 Å². The summed E-state index contributed by atoms with van der Waals surface area (Å²) in [6.07, 6.45) is 8.02. The normalized spacial score (nSPS) is 10.9. The first kappa shape index (κ1) is 9.12. The van der Waals surface area contributed by atoms with E-state index in [2.05, 4.69) is 31.6 Å². The molecule has 0 rings (SSSR count). The van der Waals surface area contributed by atoms with Gasteiger partial charge in [-0.2, -0.15) is 0 Å². The summed E-state index contributed by atoms with van der Waals surface area (Å²) < 4.78 is 0. The van der Waals surface area contributed by atoms with Crippen LogP contribution in [0.4, 0.5) is 0 Å². The van der Waals surface area contributed by atoms with E-state index >= 15 is 0 Å². The quantitative estimate of drug-likeness (QED) is 0.509. The third-order valence-corrected chi connectivity index (χ3v) is 1.15. The first-order valence-corrected chi connectivity index (χ1v) is 3.73. The Bertz CT molecular complexity index is 161. The van der Waals surface area contributed by atoms with E-state index in [1.54, 1.807) is 0 Å². The van der Waals surface area contributed by atoms with Crippen LogP contribution < -0.4 is 0 Å². The summed E-state index contributed by atoms with van der Waals surface area (Å²) in [4.78, 5) is 0. The Morgan fingerprint density at radius 3 is 2.70 bits per heavy atom. The van der Waals surface area contributed by atoms with Crippen molar-refractivity contribution < 1.29 is 0 Å². The molecule has 0 aromatic heterocycles. The predicted octanol–water partition coefficient (Wildman–Crippen LogP) is 2.45. The van der Waals surface area contributed by atoms with Crippen molar-refractivity contribution in [3.05, 3.63) is 0 Å². The van der Waals surface area contributed by atoms with E-state index < -0.39 is 0 Å². The fraction of sp³-hybridized carbons (Fsp3) is 0.600. The van der Waals surface area contributed by atoms with Crippen molar-refractivity contribution in [2.75, 3.05) is 0 Å². The minimum absolute atomic E-state index is 0.372. The third kappa shape index (κ3) is 5.26. The van der Waals surface area contributed by atoms with Crippen LogP contribution in [0.5, 0.6) is 0 Å².